The summed E-state index contributed by atoms with van der Waals surface area (Å²) in [6, 6.07) is 13.8. The van der Waals surface area contributed by atoms with E-state index in [-0.39, 0.29) is 54.9 Å². The Morgan fingerprint density at radius 3 is 1.44 bits per heavy atom. The standard InChI is InChI=1S/C20H24ClNO6.C15H17Cl2NO3.C5H8O3/c1-14(23)10-11-18(25)27-13-28-19(26)22(2)20(12-6-5-9-17(20)24)15-7-3-4-8-16(15)21;1-18(14(20)21-10-16)15(9-5-4-8-13(15)19)11-6-2-3-7-12(11)17;1-4(6)2-3-5(7)8/h3-4,7-8H,5-6,9-13H2,1-2H3;2-3,6-7H,4-5,8-10H2,1H3;2-3H2,1H3,(H,7,8)/t20-;15-;/m11./s1. The van der Waals surface area contributed by atoms with Crippen LogP contribution in [0.25, 0.3) is 0 Å². The second kappa shape index (κ2) is 23.6. The molecule has 2 aliphatic carbocycles. The van der Waals surface area contributed by atoms with Gasteiger partial charge >= 0.3 is 24.1 Å². The fraction of sp³-hybridized carbons (Fsp3) is 0.500. The molecule has 2 aromatic rings. The smallest absolute Gasteiger partial charge is 0.413 e. The van der Waals surface area contributed by atoms with E-state index < -0.39 is 42.0 Å². The maximum Gasteiger partial charge on any atom is 0.413 e. The number of amides is 2. The van der Waals surface area contributed by atoms with Gasteiger partial charge < -0.3 is 28.9 Å². The van der Waals surface area contributed by atoms with Gasteiger partial charge in [0.1, 0.15) is 22.6 Å². The van der Waals surface area contributed by atoms with Gasteiger partial charge in [0.25, 0.3) is 0 Å². The summed E-state index contributed by atoms with van der Waals surface area (Å²) in [4.78, 5) is 95.1. The van der Waals surface area contributed by atoms with Crippen molar-refractivity contribution < 1.29 is 57.7 Å². The highest BCUT2D eigenvalue weighted by molar-refractivity contribution is 6.32. The summed E-state index contributed by atoms with van der Waals surface area (Å²) in [6.45, 7) is 2.16. The lowest BCUT2D eigenvalue weighted by atomic mass is 9.74. The Kier molecular flexibility index (Phi) is 20.2. The van der Waals surface area contributed by atoms with Crippen LogP contribution in [0.1, 0.15) is 102 Å². The number of Topliss-reactive ketones (excluding diaryl/α,β-unsaturated/α-hetero) is 4. The molecule has 17 heteroatoms. The molecule has 57 heavy (non-hydrogen) atoms. The average molecular weight is 856 g/mol. The van der Waals surface area contributed by atoms with E-state index in [2.05, 4.69) is 0 Å². The van der Waals surface area contributed by atoms with E-state index in [0.717, 1.165) is 25.7 Å². The quantitative estimate of drug-likeness (QED) is 0.116. The van der Waals surface area contributed by atoms with Crippen molar-refractivity contribution in [3.63, 3.8) is 0 Å². The number of esters is 1. The number of ketones is 4. The molecule has 0 saturated heterocycles. The van der Waals surface area contributed by atoms with Crippen LogP contribution in [0.2, 0.25) is 10.0 Å². The number of hydrogen-bond acceptors (Lipinski definition) is 11. The molecule has 2 atom stereocenters. The molecule has 14 nitrogen and oxygen atoms in total. The van der Waals surface area contributed by atoms with Crippen LogP contribution in [0.4, 0.5) is 9.59 Å². The molecule has 2 saturated carbocycles. The van der Waals surface area contributed by atoms with Crippen LogP contribution in [0.5, 0.6) is 0 Å². The Labute approximate surface area is 347 Å². The Hall–Kier alpha value is -4.53. The Morgan fingerprint density at radius 2 is 1.07 bits per heavy atom. The van der Waals surface area contributed by atoms with Crippen molar-refractivity contribution in [3.05, 3.63) is 69.7 Å². The lowest BCUT2D eigenvalue weighted by molar-refractivity contribution is -0.154. The number of hydrogen-bond donors (Lipinski definition) is 1. The topological polar surface area (TPSA) is 191 Å². The van der Waals surface area contributed by atoms with E-state index in [4.69, 9.17) is 54.1 Å². The normalized spacial score (nSPS) is 18.6. The van der Waals surface area contributed by atoms with Gasteiger partial charge in [-0.1, -0.05) is 71.2 Å². The van der Waals surface area contributed by atoms with Crippen LogP contribution in [-0.2, 0) is 54.1 Å². The highest BCUT2D eigenvalue weighted by Gasteiger charge is 2.49. The zero-order valence-corrected chi connectivity index (χ0v) is 34.8. The number of nitrogens with zero attached hydrogens (tertiary/aromatic N) is 2. The predicted molar refractivity (Wildman–Crippen MR) is 211 cm³/mol. The molecule has 312 valence electrons. The lowest BCUT2D eigenvalue weighted by Crippen LogP contribution is -2.54. The molecule has 0 radical (unpaired) electrons. The highest BCUT2D eigenvalue weighted by Crippen LogP contribution is 2.43. The van der Waals surface area contributed by atoms with Gasteiger partial charge in [-0.15, -0.1) is 0 Å². The fourth-order valence-corrected chi connectivity index (χ4v) is 7.27. The molecule has 2 amide bonds. The van der Waals surface area contributed by atoms with Gasteiger partial charge in [0.15, 0.2) is 17.6 Å². The number of alkyl halides is 1. The molecule has 0 aliphatic heterocycles. The van der Waals surface area contributed by atoms with E-state index in [1.54, 1.807) is 49.5 Å². The van der Waals surface area contributed by atoms with Crippen molar-refractivity contribution in [1.29, 1.82) is 0 Å². The van der Waals surface area contributed by atoms with Crippen molar-refractivity contribution >= 4 is 82.1 Å². The largest absolute Gasteiger partial charge is 0.481 e. The third-order valence-electron chi connectivity index (χ3n) is 9.59. The van der Waals surface area contributed by atoms with E-state index in [9.17, 15) is 38.4 Å². The van der Waals surface area contributed by atoms with Gasteiger partial charge in [0.2, 0.25) is 6.79 Å². The second-order valence-electron chi connectivity index (χ2n) is 13.4. The average Bonchev–Trinajstić information content (AvgIpc) is 3.17. The van der Waals surface area contributed by atoms with Crippen molar-refractivity contribution in [3.8, 4) is 0 Å². The third-order valence-corrected chi connectivity index (χ3v) is 10.4. The van der Waals surface area contributed by atoms with Gasteiger partial charge in [-0.3, -0.25) is 29.0 Å². The molecule has 0 bridgehead atoms. The van der Waals surface area contributed by atoms with E-state index >= 15 is 0 Å². The molecule has 2 aromatic carbocycles. The van der Waals surface area contributed by atoms with Gasteiger partial charge in [-0.05, 0) is 64.5 Å². The summed E-state index contributed by atoms with van der Waals surface area (Å²) in [6.07, 6.45) is 3.56. The maximum absolute atomic E-state index is 12.9. The molecule has 0 aromatic heterocycles. The van der Waals surface area contributed by atoms with Gasteiger partial charge in [0, 0.05) is 61.0 Å². The minimum atomic E-state index is -1.22. The summed E-state index contributed by atoms with van der Waals surface area (Å²) in [5.41, 5.74) is -1.09. The zero-order chi connectivity index (χ0) is 42.8. The summed E-state index contributed by atoms with van der Waals surface area (Å²) in [5.74, 6) is -1.89. The lowest BCUT2D eigenvalue weighted by Gasteiger charge is -2.43. The first-order chi connectivity index (χ1) is 26.9. The third kappa shape index (κ3) is 13.5. The van der Waals surface area contributed by atoms with Gasteiger partial charge in [-0.25, -0.2) is 9.59 Å². The molecule has 2 aliphatic rings. The van der Waals surface area contributed by atoms with Crippen molar-refractivity contribution in [2.45, 2.75) is 102 Å². The Bertz CT molecular complexity index is 1760. The highest BCUT2D eigenvalue weighted by atomic mass is 35.5. The minimum Gasteiger partial charge on any atom is -0.481 e. The zero-order valence-electron chi connectivity index (χ0n) is 32.5. The van der Waals surface area contributed by atoms with Crippen molar-refractivity contribution in [1.82, 2.24) is 9.80 Å². The molecule has 0 spiro atoms. The summed E-state index contributed by atoms with van der Waals surface area (Å²) in [7, 11) is 3.04. The van der Waals surface area contributed by atoms with Gasteiger partial charge in [0.05, 0.1) is 12.8 Å². The summed E-state index contributed by atoms with van der Waals surface area (Å²) >= 11 is 18.1. The van der Waals surface area contributed by atoms with Crippen LogP contribution >= 0.6 is 34.8 Å². The fourth-order valence-electron chi connectivity index (χ4n) is 6.59. The van der Waals surface area contributed by atoms with Crippen LogP contribution in [-0.4, -0.2) is 89.1 Å². The summed E-state index contributed by atoms with van der Waals surface area (Å²) < 4.78 is 14.7. The number of ether oxygens (including phenoxy) is 3. The predicted octanol–water partition coefficient (Wildman–Crippen LogP) is 8.00. The van der Waals surface area contributed by atoms with Crippen LogP contribution in [0, 0.1) is 0 Å². The molecular weight excluding hydrogens is 807 g/mol. The number of halogens is 3. The van der Waals surface area contributed by atoms with Crippen molar-refractivity contribution in [2.24, 2.45) is 0 Å². The first kappa shape index (κ1) is 48.6. The number of carbonyl (C=O) groups is 8. The second-order valence-corrected chi connectivity index (χ2v) is 14.5. The molecule has 0 heterocycles. The number of carboxylic acids is 1. The molecular formula is C40H49Cl3N2O12. The monoisotopic (exact) mass is 854 g/mol. The van der Waals surface area contributed by atoms with Crippen LogP contribution in [0.3, 0.4) is 0 Å². The number of carbonyl (C=O) groups excluding carboxylic acids is 7. The van der Waals surface area contributed by atoms with Gasteiger partial charge in [-0.2, -0.15) is 0 Å². The Morgan fingerprint density at radius 1 is 0.649 bits per heavy atom. The van der Waals surface area contributed by atoms with Crippen LogP contribution < -0.4 is 0 Å². The van der Waals surface area contributed by atoms with E-state index in [1.165, 1.54) is 30.7 Å². The van der Waals surface area contributed by atoms with E-state index in [1.807, 2.05) is 6.07 Å². The number of rotatable bonds is 13. The number of benzene rings is 2. The number of aliphatic carboxylic acids is 1. The molecule has 1 N–H and O–H groups in total. The summed E-state index contributed by atoms with van der Waals surface area (Å²) in [5, 5.41) is 8.88. The van der Waals surface area contributed by atoms with Crippen LogP contribution in [0.15, 0.2) is 48.5 Å². The first-order valence-corrected chi connectivity index (χ1v) is 19.5. The molecule has 2 fully saturated rings. The SMILES string of the molecule is CC(=O)CCC(=O)O.CC(=O)CCC(=O)OCOC(=O)N(C)[C@@]1(c2ccccc2Cl)CCCCC1=O.CN(C(=O)OCCl)[C@@]1(c2ccccc2Cl)CCCCC1=O. The first-order valence-electron chi connectivity index (χ1n) is 18.3. The number of likely N-dealkylation sites (N-methyl/N-ethyl adjacent to an activating group) is 2. The molecule has 0 unspecified atom stereocenters. The number of carboxylic acid groups (broad SMARTS) is 1. The molecule has 4 rings (SSSR count). The Balaban J connectivity index is 0.000000339. The van der Waals surface area contributed by atoms with Crippen molar-refractivity contribution in [2.75, 3.05) is 27.0 Å². The minimum absolute atomic E-state index is 0.0177. The van der Waals surface area contributed by atoms with E-state index in [0.29, 0.717) is 46.9 Å². The maximum atomic E-state index is 12.9.